The molecule has 1 aromatic heterocycles. The first-order valence-electron chi connectivity index (χ1n) is 12.2. The first-order valence-corrected chi connectivity index (χ1v) is 13.2. The number of carbonyl (C=O) groups is 1. The molecule has 3 aromatic rings. The molecular formula is C27H34N4O3S. The van der Waals surface area contributed by atoms with Gasteiger partial charge in [0.15, 0.2) is 22.5 Å². The highest BCUT2D eigenvalue weighted by molar-refractivity contribution is 7.99. The van der Waals surface area contributed by atoms with Crippen molar-refractivity contribution >= 4 is 23.4 Å². The number of aromatic nitrogens is 3. The molecule has 0 aliphatic heterocycles. The lowest BCUT2D eigenvalue weighted by molar-refractivity contribution is -0.113. The summed E-state index contributed by atoms with van der Waals surface area (Å²) in [5.74, 6) is 2.68. The largest absolute Gasteiger partial charge is 0.493 e. The number of hydrogen-bond donors (Lipinski definition) is 1. The fourth-order valence-corrected chi connectivity index (χ4v) is 5.45. The van der Waals surface area contributed by atoms with Crippen molar-refractivity contribution in [2.45, 2.75) is 63.1 Å². The molecule has 0 bridgehead atoms. The SMILES string of the molecule is COc1ccc(-c2nnc(SCC(=O)Nc3ccccc3C(C)C)n2C2CCCCC2)cc1OC. The molecule has 1 fully saturated rings. The van der Waals surface area contributed by atoms with Gasteiger partial charge < -0.3 is 14.8 Å². The van der Waals surface area contributed by atoms with E-state index in [-0.39, 0.29) is 11.7 Å². The van der Waals surface area contributed by atoms with E-state index in [1.807, 2.05) is 36.4 Å². The van der Waals surface area contributed by atoms with Gasteiger partial charge in [-0.15, -0.1) is 10.2 Å². The van der Waals surface area contributed by atoms with Gasteiger partial charge in [-0.1, -0.05) is 63.1 Å². The highest BCUT2D eigenvalue weighted by atomic mass is 32.2. The topological polar surface area (TPSA) is 78.3 Å². The molecule has 8 heteroatoms. The average Bonchev–Trinajstić information content (AvgIpc) is 3.31. The van der Waals surface area contributed by atoms with Gasteiger partial charge in [0.2, 0.25) is 5.91 Å². The molecule has 0 atom stereocenters. The Balaban J connectivity index is 1.57. The van der Waals surface area contributed by atoms with Crippen LogP contribution in [0.5, 0.6) is 11.5 Å². The van der Waals surface area contributed by atoms with Crippen molar-refractivity contribution in [3.63, 3.8) is 0 Å². The maximum Gasteiger partial charge on any atom is 0.234 e. The lowest BCUT2D eigenvalue weighted by Crippen LogP contribution is -2.18. The summed E-state index contributed by atoms with van der Waals surface area (Å²) in [5.41, 5.74) is 2.92. The summed E-state index contributed by atoms with van der Waals surface area (Å²) in [7, 11) is 3.26. The summed E-state index contributed by atoms with van der Waals surface area (Å²) in [4.78, 5) is 12.9. The van der Waals surface area contributed by atoms with Crippen molar-refractivity contribution in [3.8, 4) is 22.9 Å². The van der Waals surface area contributed by atoms with Gasteiger partial charge in [0, 0.05) is 17.3 Å². The van der Waals surface area contributed by atoms with Gasteiger partial charge >= 0.3 is 0 Å². The van der Waals surface area contributed by atoms with Crippen LogP contribution in [0.1, 0.15) is 63.5 Å². The number of nitrogens with zero attached hydrogens (tertiary/aromatic N) is 3. The molecule has 7 nitrogen and oxygen atoms in total. The van der Waals surface area contributed by atoms with Crippen LogP contribution in [-0.2, 0) is 4.79 Å². The van der Waals surface area contributed by atoms with E-state index in [2.05, 4.69) is 40.0 Å². The Morgan fingerprint density at radius 2 is 1.80 bits per heavy atom. The van der Waals surface area contributed by atoms with Gasteiger partial charge in [-0.05, 0) is 48.6 Å². The van der Waals surface area contributed by atoms with Crippen LogP contribution in [0.3, 0.4) is 0 Å². The predicted octanol–water partition coefficient (Wildman–Crippen LogP) is 6.32. The van der Waals surface area contributed by atoms with E-state index in [9.17, 15) is 4.79 Å². The smallest absolute Gasteiger partial charge is 0.234 e. The van der Waals surface area contributed by atoms with Crippen molar-refractivity contribution in [2.75, 3.05) is 25.3 Å². The number of para-hydroxylation sites is 1. The lowest BCUT2D eigenvalue weighted by atomic mass is 9.95. The van der Waals surface area contributed by atoms with Gasteiger partial charge in [0.1, 0.15) is 0 Å². The molecule has 35 heavy (non-hydrogen) atoms. The third kappa shape index (κ3) is 5.81. The van der Waals surface area contributed by atoms with E-state index in [4.69, 9.17) is 9.47 Å². The van der Waals surface area contributed by atoms with Crippen molar-refractivity contribution in [1.29, 1.82) is 0 Å². The van der Waals surface area contributed by atoms with E-state index in [0.717, 1.165) is 40.6 Å². The quantitative estimate of drug-likeness (QED) is 0.351. The standard InChI is InChI=1S/C27H34N4O3S/c1-18(2)21-12-8-9-13-22(21)28-25(32)17-35-27-30-29-26(31(27)20-10-6-5-7-11-20)19-14-15-23(33-3)24(16-19)34-4/h8-9,12-16,18,20H,5-7,10-11,17H2,1-4H3,(H,28,32). The Kier molecular flexibility index (Phi) is 8.33. The summed E-state index contributed by atoms with van der Waals surface area (Å²) in [5, 5.41) is 12.9. The number of thioether (sulfide) groups is 1. The second kappa shape index (κ2) is 11.6. The summed E-state index contributed by atoms with van der Waals surface area (Å²) in [6.07, 6.45) is 5.79. The predicted molar refractivity (Wildman–Crippen MR) is 141 cm³/mol. The second-order valence-electron chi connectivity index (χ2n) is 9.12. The molecule has 1 saturated carbocycles. The van der Waals surface area contributed by atoms with Crippen molar-refractivity contribution in [1.82, 2.24) is 14.8 Å². The minimum atomic E-state index is -0.0473. The van der Waals surface area contributed by atoms with Gasteiger partial charge in [-0.3, -0.25) is 9.36 Å². The highest BCUT2D eigenvalue weighted by Gasteiger charge is 2.25. The molecule has 186 valence electrons. The van der Waals surface area contributed by atoms with Crippen molar-refractivity contribution in [3.05, 3.63) is 48.0 Å². The van der Waals surface area contributed by atoms with E-state index in [0.29, 0.717) is 23.5 Å². The van der Waals surface area contributed by atoms with Crippen molar-refractivity contribution < 1.29 is 14.3 Å². The third-order valence-electron chi connectivity index (χ3n) is 6.44. The number of rotatable bonds is 9. The van der Waals surface area contributed by atoms with Gasteiger partial charge in [-0.2, -0.15) is 0 Å². The summed E-state index contributed by atoms with van der Waals surface area (Å²) >= 11 is 1.44. The number of nitrogens with one attached hydrogen (secondary N) is 1. The zero-order valence-corrected chi connectivity index (χ0v) is 21.7. The second-order valence-corrected chi connectivity index (χ2v) is 10.1. The van der Waals surface area contributed by atoms with Gasteiger partial charge in [-0.25, -0.2) is 0 Å². The number of anilines is 1. The summed E-state index contributed by atoms with van der Waals surface area (Å²) in [6, 6.07) is 14.1. The van der Waals surface area contributed by atoms with E-state index >= 15 is 0 Å². The molecule has 0 unspecified atom stereocenters. The van der Waals surface area contributed by atoms with E-state index in [1.54, 1.807) is 14.2 Å². The molecule has 1 aliphatic rings. The molecular weight excluding hydrogens is 460 g/mol. The van der Waals surface area contributed by atoms with Crippen LogP contribution in [0.25, 0.3) is 11.4 Å². The highest BCUT2D eigenvalue weighted by Crippen LogP contribution is 2.38. The number of ether oxygens (including phenoxy) is 2. The molecule has 1 heterocycles. The fraction of sp³-hybridized carbons (Fsp3) is 0.444. The zero-order valence-electron chi connectivity index (χ0n) is 20.9. The first kappa shape index (κ1) is 25.1. The van der Waals surface area contributed by atoms with Crippen LogP contribution in [-0.4, -0.2) is 40.6 Å². The molecule has 4 rings (SSSR count). The van der Waals surface area contributed by atoms with Crippen LogP contribution in [0.15, 0.2) is 47.6 Å². The van der Waals surface area contributed by atoms with Gasteiger partial charge in [0.25, 0.3) is 0 Å². The van der Waals surface area contributed by atoms with Crippen LogP contribution < -0.4 is 14.8 Å². The normalized spacial score (nSPS) is 14.2. The number of methoxy groups -OCH3 is 2. The minimum Gasteiger partial charge on any atom is -0.493 e. The number of amides is 1. The molecule has 1 aliphatic carbocycles. The third-order valence-corrected chi connectivity index (χ3v) is 7.38. The first-order chi connectivity index (χ1) is 17.0. The Labute approximate surface area is 211 Å². The Morgan fingerprint density at radius 3 is 2.51 bits per heavy atom. The van der Waals surface area contributed by atoms with Crippen LogP contribution in [0, 0.1) is 0 Å². The minimum absolute atomic E-state index is 0.0473. The molecule has 2 aromatic carbocycles. The maximum absolute atomic E-state index is 12.9. The molecule has 0 saturated heterocycles. The van der Waals surface area contributed by atoms with Crippen molar-refractivity contribution in [2.24, 2.45) is 0 Å². The van der Waals surface area contributed by atoms with Gasteiger partial charge in [0.05, 0.1) is 20.0 Å². The monoisotopic (exact) mass is 494 g/mol. The molecule has 0 radical (unpaired) electrons. The summed E-state index contributed by atoms with van der Waals surface area (Å²) in [6.45, 7) is 4.25. The zero-order chi connectivity index (χ0) is 24.8. The Bertz CT molecular complexity index is 1160. The number of carbonyl (C=O) groups excluding carboxylic acids is 1. The molecule has 0 spiro atoms. The molecule has 1 amide bonds. The van der Waals surface area contributed by atoms with E-state index < -0.39 is 0 Å². The Morgan fingerprint density at radius 1 is 1.06 bits per heavy atom. The summed E-state index contributed by atoms with van der Waals surface area (Å²) < 4.78 is 13.1. The van der Waals surface area contributed by atoms with Crippen LogP contribution >= 0.6 is 11.8 Å². The lowest BCUT2D eigenvalue weighted by Gasteiger charge is -2.25. The number of benzene rings is 2. The number of hydrogen-bond acceptors (Lipinski definition) is 6. The van der Waals surface area contributed by atoms with E-state index in [1.165, 1.54) is 31.0 Å². The Hall–Kier alpha value is -3.00. The maximum atomic E-state index is 12.9. The fourth-order valence-electron chi connectivity index (χ4n) is 4.65. The average molecular weight is 495 g/mol. The molecule has 1 N–H and O–H groups in total. The van der Waals surface area contributed by atoms with Crippen LogP contribution in [0.4, 0.5) is 5.69 Å². The van der Waals surface area contributed by atoms with Crippen LogP contribution in [0.2, 0.25) is 0 Å².